The number of amides is 1. The SMILES string of the molecule is O=C[C@H]1CCC(=O)N1Cc1ccccc1/C=C/C(=O)O. The number of benzene rings is 1. The van der Waals surface area contributed by atoms with E-state index in [1.807, 2.05) is 12.1 Å². The fourth-order valence-electron chi connectivity index (χ4n) is 2.29. The van der Waals surface area contributed by atoms with Gasteiger partial charge in [0.2, 0.25) is 5.91 Å². The molecule has 1 aromatic carbocycles. The van der Waals surface area contributed by atoms with E-state index in [1.165, 1.54) is 6.08 Å². The molecule has 1 fully saturated rings. The molecule has 0 radical (unpaired) electrons. The zero-order chi connectivity index (χ0) is 14.5. The molecule has 5 nitrogen and oxygen atoms in total. The molecule has 1 aliphatic rings. The van der Waals surface area contributed by atoms with E-state index in [0.717, 1.165) is 23.5 Å². The highest BCUT2D eigenvalue weighted by Gasteiger charge is 2.30. The molecular weight excluding hydrogens is 258 g/mol. The third-order valence-corrected chi connectivity index (χ3v) is 3.33. The minimum absolute atomic E-state index is 0.0425. The van der Waals surface area contributed by atoms with Crippen molar-refractivity contribution in [2.75, 3.05) is 0 Å². The van der Waals surface area contributed by atoms with Crippen molar-refractivity contribution in [1.82, 2.24) is 4.90 Å². The first kappa shape index (κ1) is 14.0. The van der Waals surface area contributed by atoms with Gasteiger partial charge in [-0.2, -0.15) is 0 Å². The summed E-state index contributed by atoms with van der Waals surface area (Å²) in [6.45, 7) is 0.322. The van der Waals surface area contributed by atoms with E-state index >= 15 is 0 Å². The molecule has 5 heteroatoms. The second-order valence-electron chi connectivity index (χ2n) is 4.63. The van der Waals surface area contributed by atoms with Gasteiger partial charge >= 0.3 is 5.97 Å². The van der Waals surface area contributed by atoms with Gasteiger partial charge in [-0.05, 0) is 23.6 Å². The van der Waals surface area contributed by atoms with Crippen LogP contribution in [0.1, 0.15) is 24.0 Å². The average molecular weight is 273 g/mol. The molecular formula is C15H15NO4. The number of hydrogen-bond donors (Lipinski definition) is 1. The molecule has 0 bridgehead atoms. The predicted molar refractivity (Wildman–Crippen MR) is 72.7 cm³/mol. The topological polar surface area (TPSA) is 74.7 Å². The van der Waals surface area contributed by atoms with Gasteiger partial charge in [-0.25, -0.2) is 4.79 Å². The zero-order valence-corrected chi connectivity index (χ0v) is 10.9. The number of nitrogens with zero attached hydrogens (tertiary/aromatic N) is 1. The lowest BCUT2D eigenvalue weighted by atomic mass is 10.1. The Hall–Kier alpha value is -2.43. The molecule has 0 aliphatic carbocycles. The van der Waals surface area contributed by atoms with Crippen LogP contribution in [0.2, 0.25) is 0 Å². The lowest BCUT2D eigenvalue weighted by Crippen LogP contribution is -2.33. The molecule has 1 aromatic rings. The maximum absolute atomic E-state index is 11.8. The molecule has 104 valence electrons. The molecule has 1 heterocycles. The average Bonchev–Trinajstić information content (AvgIpc) is 2.78. The Bertz CT molecular complexity index is 565. The van der Waals surface area contributed by atoms with Crippen molar-refractivity contribution < 1.29 is 19.5 Å². The van der Waals surface area contributed by atoms with E-state index < -0.39 is 5.97 Å². The van der Waals surface area contributed by atoms with Gasteiger partial charge in [0.15, 0.2) is 0 Å². The number of hydrogen-bond acceptors (Lipinski definition) is 3. The summed E-state index contributed by atoms with van der Waals surface area (Å²) in [6, 6.07) is 6.86. The third kappa shape index (κ3) is 3.12. The van der Waals surface area contributed by atoms with Gasteiger partial charge < -0.3 is 14.8 Å². The summed E-state index contributed by atoms with van der Waals surface area (Å²) in [7, 11) is 0. The molecule has 1 amide bonds. The molecule has 0 unspecified atom stereocenters. The Labute approximate surface area is 116 Å². The summed E-state index contributed by atoms with van der Waals surface area (Å²) in [5.74, 6) is -1.07. The summed E-state index contributed by atoms with van der Waals surface area (Å²) in [5.41, 5.74) is 1.56. The molecule has 20 heavy (non-hydrogen) atoms. The fourth-order valence-corrected chi connectivity index (χ4v) is 2.29. The van der Waals surface area contributed by atoms with Gasteiger partial charge in [-0.3, -0.25) is 4.79 Å². The number of carboxylic acids is 1. The standard InChI is InChI=1S/C15H15NO4/c17-10-13-6-7-14(18)16(13)9-12-4-2-1-3-11(12)5-8-15(19)20/h1-5,8,10,13H,6-7,9H2,(H,19,20)/b8-5+/t13-/m1/s1. The molecule has 1 saturated heterocycles. The number of carboxylic acid groups (broad SMARTS) is 1. The molecule has 1 atom stereocenters. The van der Waals surface area contributed by atoms with Crippen LogP contribution in [0.3, 0.4) is 0 Å². The van der Waals surface area contributed by atoms with E-state index in [2.05, 4.69) is 0 Å². The Kier molecular flexibility index (Phi) is 4.30. The Morgan fingerprint density at radius 1 is 1.40 bits per heavy atom. The first-order chi connectivity index (χ1) is 9.61. The Balaban J connectivity index is 2.22. The Morgan fingerprint density at radius 2 is 2.15 bits per heavy atom. The van der Waals surface area contributed by atoms with Gasteiger partial charge in [0.05, 0.1) is 6.04 Å². The minimum Gasteiger partial charge on any atom is -0.478 e. The summed E-state index contributed by atoms with van der Waals surface area (Å²) in [5, 5.41) is 8.67. The number of aldehydes is 1. The molecule has 0 saturated carbocycles. The van der Waals surface area contributed by atoms with Crippen LogP contribution < -0.4 is 0 Å². The highest BCUT2D eigenvalue weighted by molar-refractivity contribution is 5.86. The van der Waals surface area contributed by atoms with Crippen LogP contribution >= 0.6 is 0 Å². The normalized spacial score (nSPS) is 18.7. The second kappa shape index (κ2) is 6.14. The van der Waals surface area contributed by atoms with Gasteiger partial charge in [-0.15, -0.1) is 0 Å². The monoisotopic (exact) mass is 273 g/mol. The highest BCUT2D eigenvalue weighted by Crippen LogP contribution is 2.22. The summed E-state index contributed by atoms with van der Waals surface area (Å²) in [6.07, 6.45) is 4.28. The lowest BCUT2D eigenvalue weighted by Gasteiger charge is -2.21. The Morgan fingerprint density at radius 3 is 2.85 bits per heavy atom. The molecule has 1 N–H and O–H groups in total. The van der Waals surface area contributed by atoms with Crippen molar-refractivity contribution in [2.24, 2.45) is 0 Å². The number of carbonyl (C=O) groups excluding carboxylic acids is 2. The quantitative estimate of drug-likeness (QED) is 0.651. The summed E-state index contributed by atoms with van der Waals surface area (Å²) in [4.78, 5) is 34.9. The third-order valence-electron chi connectivity index (χ3n) is 3.33. The molecule has 1 aliphatic heterocycles. The van der Waals surface area contributed by atoms with Crippen LogP contribution in [-0.2, 0) is 20.9 Å². The van der Waals surface area contributed by atoms with E-state index in [0.29, 0.717) is 19.4 Å². The smallest absolute Gasteiger partial charge is 0.328 e. The van der Waals surface area contributed by atoms with E-state index in [1.54, 1.807) is 17.0 Å². The zero-order valence-electron chi connectivity index (χ0n) is 10.9. The number of likely N-dealkylation sites (tertiary alicyclic amines) is 1. The molecule has 0 spiro atoms. The summed E-state index contributed by atoms with van der Waals surface area (Å²) >= 11 is 0. The number of carbonyl (C=O) groups is 3. The second-order valence-corrected chi connectivity index (χ2v) is 4.63. The van der Waals surface area contributed by atoms with Crippen molar-refractivity contribution in [3.63, 3.8) is 0 Å². The first-order valence-electron chi connectivity index (χ1n) is 6.35. The van der Waals surface area contributed by atoms with Crippen molar-refractivity contribution in [3.8, 4) is 0 Å². The van der Waals surface area contributed by atoms with Crippen LogP contribution in [0.25, 0.3) is 6.08 Å². The van der Waals surface area contributed by atoms with Crippen LogP contribution in [0.4, 0.5) is 0 Å². The van der Waals surface area contributed by atoms with E-state index in [-0.39, 0.29) is 11.9 Å². The molecule has 2 rings (SSSR count). The predicted octanol–water partition coefficient (Wildman–Crippen LogP) is 1.47. The van der Waals surface area contributed by atoms with Crippen molar-refractivity contribution in [1.29, 1.82) is 0 Å². The maximum Gasteiger partial charge on any atom is 0.328 e. The van der Waals surface area contributed by atoms with Crippen molar-refractivity contribution in [3.05, 3.63) is 41.5 Å². The van der Waals surface area contributed by atoms with Gasteiger partial charge in [0.1, 0.15) is 6.29 Å². The van der Waals surface area contributed by atoms with Crippen LogP contribution in [-0.4, -0.2) is 34.2 Å². The molecule has 0 aromatic heterocycles. The van der Waals surface area contributed by atoms with Crippen LogP contribution in [0, 0.1) is 0 Å². The van der Waals surface area contributed by atoms with Gasteiger partial charge in [-0.1, -0.05) is 24.3 Å². The highest BCUT2D eigenvalue weighted by atomic mass is 16.4. The number of rotatable bonds is 5. The fraction of sp³-hybridized carbons (Fsp3) is 0.267. The van der Waals surface area contributed by atoms with E-state index in [9.17, 15) is 14.4 Å². The van der Waals surface area contributed by atoms with E-state index in [4.69, 9.17) is 5.11 Å². The lowest BCUT2D eigenvalue weighted by molar-refractivity contribution is -0.132. The van der Waals surface area contributed by atoms with Crippen molar-refractivity contribution in [2.45, 2.75) is 25.4 Å². The van der Waals surface area contributed by atoms with Crippen molar-refractivity contribution >= 4 is 24.2 Å². The number of aliphatic carboxylic acids is 1. The van der Waals surface area contributed by atoms with Gasteiger partial charge in [0.25, 0.3) is 0 Å². The first-order valence-corrected chi connectivity index (χ1v) is 6.35. The summed E-state index contributed by atoms with van der Waals surface area (Å²) < 4.78 is 0. The largest absolute Gasteiger partial charge is 0.478 e. The van der Waals surface area contributed by atoms with Gasteiger partial charge in [0, 0.05) is 19.0 Å². The maximum atomic E-state index is 11.8. The van der Waals surface area contributed by atoms with Crippen LogP contribution in [0.5, 0.6) is 0 Å². The minimum atomic E-state index is -1.03. The van der Waals surface area contributed by atoms with Crippen LogP contribution in [0.15, 0.2) is 30.3 Å².